The van der Waals surface area contributed by atoms with Gasteiger partial charge in [0.1, 0.15) is 0 Å². The molecule has 1 N–H and O–H groups in total. The fraction of sp³-hybridized carbons (Fsp3) is 0.533. The van der Waals surface area contributed by atoms with Crippen LogP contribution in [0.15, 0.2) is 22.7 Å². The van der Waals surface area contributed by atoms with Crippen LogP contribution >= 0.6 is 15.9 Å². The first-order valence-corrected chi connectivity index (χ1v) is 7.87. The summed E-state index contributed by atoms with van der Waals surface area (Å²) in [5.74, 6) is 0.0356. The van der Waals surface area contributed by atoms with E-state index in [1.54, 1.807) is 26.0 Å². The fourth-order valence-electron chi connectivity index (χ4n) is 2.85. The van der Waals surface area contributed by atoms with Crippen LogP contribution in [0.25, 0.3) is 0 Å². The number of carbonyl (C=O) groups is 1. The average Bonchev–Trinajstić information content (AvgIpc) is 2.91. The normalized spacial score (nSPS) is 16.0. The molecule has 2 rings (SSSR count). The molecule has 114 valence electrons. The van der Waals surface area contributed by atoms with Crippen LogP contribution in [0.4, 0.5) is 5.69 Å². The first kappa shape index (κ1) is 15.9. The Labute approximate surface area is 132 Å². The first-order valence-electron chi connectivity index (χ1n) is 7.08. The third-order valence-electron chi connectivity index (χ3n) is 3.99. The van der Waals surface area contributed by atoms with E-state index in [2.05, 4.69) is 21.2 Å². The summed E-state index contributed by atoms with van der Waals surface area (Å²) in [6.07, 6.45) is 3.97. The molecular weight excluding hydrogens is 336 g/mol. The minimum Gasteiger partial charge on any atom is -0.347 e. The second kappa shape index (κ2) is 6.13. The van der Waals surface area contributed by atoms with Gasteiger partial charge in [0.25, 0.3) is 5.69 Å². The average molecular weight is 355 g/mol. The Morgan fingerprint density at radius 2 is 2.00 bits per heavy atom. The Morgan fingerprint density at radius 3 is 2.57 bits per heavy atom. The number of nitro benzene ring substituents is 1. The molecule has 0 bridgehead atoms. The predicted octanol–water partition coefficient (Wildman–Crippen LogP) is 3.90. The van der Waals surface area contributed by atoms with E-state index < -0.39 is 10.5 Å². The predicted molar refractivity (Wildman–Crippen MR) is 83.9 cm³/mol. The number of benzene rings is 1. The van der Waals surface area contributed by atoms with Crippen LogP contribution in [0.2, 0.25) is 0 Å². The zero-order valence-corrected chi connectivity index (χ0v) is 13.8. The van der Waals surface area contributed by atoms with E-state index in [9.17, 15) is 14.9 Å². The summed E-state index contributed by atoms with van der Waals surface area (Å²) in [7, 11) is 0. The van der Waals surface area contributed by atoms with Gasteiger partial charge in [-0.3, -0.25) is 14.9 Å². The van der Waals surface area contributed by atoms with Crippen LogP contribution in [0, 0.1) is 16.0 Å². The molecule has 0 aliphatic heterocycles. The van der Waals surface area contributed by atoms with Gasteiger partial charge in [-0.2, -0.15) is 0 Å². The van der Waals surface area contributed by atoms with Gasteiger partial charge in [-0.1, -0.05) is 28.8 Å². The number of nitro groups is 1. The van der Waals surface area contributed by atoms with E-state index in [1.807, 2.05) is 0 Å². The van der Waals surface area contributed by atoms with E-state index in [1.165, 1.54) is 6.07 Å². The van der Waals surface area contributed by atoms with Crippen molar-refractivity contribution in [3.05, 3.63) is 38.3 Å². The summed E-state index contributed by atoms with van der Waals surface area (Å²) in [5, 5.41) is 14.2. The summed E-state index contributed by atoms with van der Waals surface area (Å²) in [5.41, 5.74) is -0.244. The maximum atomic E-state index is 12.3. The van der Waals surface area contributed by atoms with Gasteiger partial charge in [-0.05, 0) is 38.8 Å². The summed E-state index contributed by atoms with van der Waals surface area (Å²) < 4.78 is 0.649. The molecule has 1 amide bonds. The lowest BCUT2D eigenvalue weighted by atomic mass is 9.91. The maximum absolute atomic E-state index is 12.3. The molecule has 0 aromatic heterocycles. The maximum Gasteiger partial charge on any atom is 0.276 e. The van der Waals surface area contributed by atoms with Gasteiger partial charge >= 0.3 is 0 Å². The van der Waals surface area contributed by atoms with Gasteiger partial charge in [-0.25, -0.2) is 0 Å². The van der Waals surface area contributed by atoms with Gasteiger partial charge in [0.15, 0.2) is 0 Å². The molecule has 0 saturated heterocycles. The Bertz CT molecular complexity index is 566. The lowest BCUT2D eigenvalue weighted by Gasteiger charge is -2.28. The first-order chi connectivity index (χ1) is 9.81. The molecule has 0 heterocycles. The summed E-state index contributed by atoms with van der Waals surface area (Å²) in [6, 6.07) is 4.92. The summed E-state index contributed by atoms with van der Waals surface area (Å²) in [4.78, 5) is 23.1. The molecule has 0 radical (unpaired) electrons. The van der Waals surface area contributed by atoms with Crippen molar-refractivity contribution >= 4 is 27.5 Å². The molecule has 1 aliphatic carbocycles. The van der Waals surface area contributed by atoms with Crippen molar-refractivity contribution < 1.29 is 9.72 Å². The van der Waals surface area contributed by atoms with Gasteiger partial charge in [0.05, 0.1) is 16.0 Å². The third kappa shape index (κ3) is 3.61. The minimum atomic E-state index is -0.775. The molecule has 1 aliphatic rings. The van der Waals surface area contributed by atoms with Crippen molar-refractivity contribution in [1.82, 2.24) is 5.32 Å². The summed E-state index contributed by atoms with van der Waals surface area (Å²) >= 11 is 3.24. The monoisotopic (exact) mass is 354 g/mol. The number of amides is 1. The summed E-state index contributed by atoms with van der Waals surface area (Å²) in [6.45, 7) is 3.60. The lowest BCUT2D eigenvalue weighted by molar-refractivity contribution is -0.386. The van der Waals surface area contributed by atoms with Gasteiger partial charge < -0.3 is 5.32 Å². The highest BCUT2D eigenvalue weighted by Crippen LogP contribution is 2.33. The third-order valence-corrected chi connectivity index (χ3v) is 4.48. The van der Waals surface area contributed by atoms with Crippen molar-refractivity contribution in [1.29, 1.82) is 0 Å². The molecule has 1 fully saturated rings. The Balaban J connectivity index is 2.26. The fourth-order valence-corrected chi connectivity index (χ4v) is 3.20. The van der Waals surface area contributed by atoms with Crippen LogP contribution in [-0.4, -0.2) is 10.8 Å². The number of halogens is 1. The molecule has 5 nitrogen and oxygen atoms in total. The van der Waals surface area contributed by atoms with Crippen molar-refractivity contribution in [2.45, 2.75) is 45.1 Å². The molecule has 0 spiro atoms. The Hall–Kier alpha value is -1.43. The molecule has 1 aromatic carbocycles. The zero-order valence-electron chi connectivity index (χ0n) is 12.2. The van der Waals surface area contributed by atoms with E-state index >= 15 is 0 Å². The smallest absolute Gasteiger partial charge is 0.276 e. The van der Waals surface area contributed by atoms with Crippen LogP contribution in [0.1, 0.15) is 45.1 Å². The molecule has 21 heavy (non-hydrogen) atoms. The van der Waals surface area contributed by atoms with E-state index in [-0.39, 0.29) is 17.5 Å². The van der Waals surface area contributed by atoms with Gasteiger partial charge in [-0.15, -0.1) is 0 Å². The quantitative estimate of drug-likeness (QED) is 0.658. The molecule has 0 atom stereocenters. The molecule has 0 unspecified atom stereocenters. The highest BCUT2D eigenvalue weighted by atomic mass is 79.9. The van der Waals surface area contributed by atoms with Crippen molar-refractivity contribution in [3.63, 3.8) is 0 Å². The number of hydrogen-bond donors (Lipinski definition) is 1. The zero-order chi connectivity index (χ0) is 15.6. The number of nitrogens with one attached hydrogen (secondary N) is 1. The molecule has 6 heteroatoms. The Morgan fingerprint density at radius 1 is 1.38 bits per heavy atom. The molecular formula is C15H19BrN2O3. The molecule has 1 saturated carbocycles. The second-order valence-electron chi connectivity index (χ2n) is 6.01. The second-order valence-corrected chi connectivity index (χ2v) is 6.93. The van der Waals surface area contributed by atoms with Crippen LogP contribution in [0.5, 0.6) is 0 Å². The number of rotatable bonds is 4. The van der Waals surface area contributed by atoms with Crippen molar-refractivity contribution in [3.8, 4) is 0 Å². The standard InChI is InChI=1S/C15H19BrN2O3/c1-15(2,17-14(19)10-5-3-4-6-10)12-8-7-11(16)9-13(12)18(20)21/h7-10H,3-6H2,1-2H3,(H,17,19). The van der Waals surface area contributed by atoms with E-state index in [4.69, 9.17) is 0 Å². The SMILES string of the molecule is CC(C)(NC(=O)C1CCCC1)c1ccc(Br)cc1[N+](=O)[O-]. The lowest BCUT2D eigenvalue weighted by Crippen LogP contribution is -2.43. The van der Waals surface area contributed by atoms with Crippen molar-refractivity contribution in [2.24, 2.45) is 5.92 Å². The largest absolute Gasteiger partial charge is 0.347 e. The number of hydrogen-bond acceptors (Lipinski definition) is 3. The minimum absolute atomic E-state index is 0.00489. The number of nitrogens with zero attached hydrogens (tertiary/aromatic N) is 1. The highest BCUT2D eigenvalue weighted by molar-refractivity contribution is 9.10. The van der Waals surface area contributed by atoms with Crippen LogP contribution in [0.3, 0.4) is 0 Å². The van der Waals surface area contributed by atoms with Gasteiger partial charge in [0.2, 0.25) is 5.91 Å². The van der Waals surface area contributed by atoms with E-state index in [0.717, 1.165) is 25.7 Å². The Kier molecular flexibility index (Phi) is 4.66. The molecule has 1 aromatic rings. The number of carbonyl (C=O) groups excluding carboxylic acids is 1. The topological polar surface area (TPSA) is 72.2 Å². The van der Waals surface area contributed by atoms with E-state index in [0.29, 0.717) is 10.0 Å². The van der Waals surface area contributed by atoms with Gasteiger partial charge in [0, 0.05) is 16.5 Å². The van der Waals surface area contributed by atoms with Crippen LogP contribution in [-0.2, 0) is 10.3 Å². The highest BCUT2D eigenvalue weighted by Gasteiger charge is 2.33. The van der Waals surface area contributed by atoms with Crippen LogP contribution < -0.4 is 5.32 Å². The van der Waals surface area contributed by atoms with Crippen molar-refractivity contribution in [2.75, 3.05) is 0 Å².